The van der Waals surface area contributed by atoms with Crippen LogP contribution < -0.4 is 5.32 Å². The molecule has 1 unspecified atom stereocenters. The molecular formula is C12H20N4O. The third-order valence-electron chi connectivity index (χ3n) is 3.48. The fourth-order valence-electron chi connectivity index (χ4n) is 2.39. The predicted molar refractivity (Wildman–Crippen MR) is 64.6 cm³/mol. The Labute approximate surface area is 102 Å². The highest BCUT2D eigenvalue weighted by molar-refractivity contribution is 4.96. The normalized spacial score (nSPS) is 26.2. The molecule has 1 aromatic heterocycles. The maximum Gasteiger partial charge on any atom is 0.0826 e. The number of hydrogen-bond donors (Lipinski definition) is 2. The number of morpholine rings is 1. The van der Waals surface area contributed by atoms with E-state index in [0.717, 1.165) is 44.5 Å². The van der Waals surface area contributed by atoms with Gasteiger partial charge in [-0.2, -0.15) is 5.10 Å². The first-order valence-electron chi connectivity index (χ1n) is 6.46. The van der Waals surface area contributed by atoms with Gasteiger partial charge < -0.3 is 10.1 Å². The Bertz CT molecular complexity index is 336. The van der Waals surface area contributed by atoms with Crippen LogP contribution in [-0.2, 0) is 11.3 Å². The molecule has 0 spiro atoms. The number of hydrogen-bond acceptors (Lipinski definition) is 4. The third kappa shape index (κ3) is 3.06. The van der Waals surface area contributed by atoms with Crippen LogP contribution in [0.4, 0.5) is 0 Å². The first-order chi connectivity index (χ1) is 8.42. The van der Waals surface area contributed by atoms with Crippen LogP contribution in [0.3, 0.4) is 0 Å². The zero-order chi connectivity index (χ0) is 11.5. The summed E-state index contributed by atoms with van der Waals surface area (Å²) in [6.45, 7) is 4.83. The second kappa shape index (κ2) is 5.16. The number of rotatable bonds is 5. The van der Waals surface area contributed by atoms with Gasteiger partial charge in [0, 0.05) is 44.1 Å². The largest absolute Gasteiger partial charge is 0.374 e. The van der Waals surface area contributed by atoms with Crippen LogP contribution in [0.15, 0.2) is 12.3 Å². The van der Waals surface area contributed by atoms with E-state index in [0.29, 0.717) is 6.10 Å². The van der Waals surface area contributed by atoms with Crippen molar-refractivity contribution in [3.05, 3.63) is 18.0 Å². The van der Waals surface area contributed by atoms with E-state index in [1.165, 1.54) is 12.8 Å². The standard InChI is InChI=1S/C12H20N4O/c1-2-11(1)16-5-6-17-12(9-16)8-13-7-10-3-4-14-15-10/h3-4,11-13H,1-2,5-9H2,(H,14,15). The van der Waals surface area contributed by atoms with Crippen LogP contribution in [0.5, 0.6) is 0 Å². The monoisotopic (exact) mass is 236 g/mol. The van der Waals surface area contributed by atoms with Crippen LogP contribution >= 0.6 is 0 Å². The van der Waals surface area contributed by atoms with Crippen molar-refractivity contribution in [3.63, 3.8) is 0 Å². The number of nitrogens with zero attached hydrogens (tertiary/aromatic N) is 2. The molecule has 1 saturated carbocycles. The van der Waals surface area contributed by atoms with Gasteiger partial charge in [0.2, 0.25) is 0 Å². The van der Waals surface area contributed by atoms with Gasteiger partial charge in [0.05, 0.1) is 12.7 Å². The average Bonchev–Trinajstić information content (AvgIpc) is 3.09. The molecule has 1 saturated heterocycles. The summed E-state index contributed by atoms with van der Waals surface area (Å²) in [5, 5.41) is 10.3. The van der Waals surface area contributed by atoms with Gasteiger partial charge in [-0.1, -0.05) is 0 Å². The van der Waals surface area contributed by atoms with Gasteiger partial charge in [0.1, 0.15) is 0 Å². The Hall–Kier alpha value is -0.910. The zero-order valence-electron chi connectivity index (χ0n) is 10.1. The Morgan fingerprint density at radius 2 is 2.47 bits per heavy atom. The Morgan fingerprint density at radius 3 is 3.24 bits per heavy atom. The predicted octanol–water partition coefficient (Wildman–Crippen LogP) is 0.362. The molecule has 5 heteroatoms. The third-order valence-corrected chi connectivity index (χ3v) is 3.48. The molecule has 1 aromatic rings. The van der Waals surface area contributed by atoms with Crippen molar-refractivity contribution in [2.24, 2.45) is 0 Å². The summed E-state index contributed by atoms with van der Waals surface area (Å²) in [5.41, 5.74) is 1.12. The summed E-state index contributed by atoms with van der Waals surface area (Å²) in [6, 6.07) is 2.85. The highest BCUT2D eigenvalue weighted by Crippen LogP contribution is 2.27. The Morgan fingerprint density at radius 1 is 1.53 bits per heavy atom. The molecule has 0 bridgehead atoms. The Kier molecular flexibility index (Phi) is 3.40. The molecule has 2 N–H and O–H groups in total. The molecule has 2 fully saturated rings. The van der Waals surface area contributed by atoms with Crippen molar-refractivity contribution in [2.45, 2.75) is 31.5 Å². The lowest BCUT2D eigenvalue weighted by Crippen LogP contribution is -2.47. The minimum absolute atomic E-state index is 0.340. The van der Waals surface area contributed by atoms with E-state index < -0.39 is 0 Å². The van der Waals surface area contributed by atoms with Crippen molar-refractivity contribution in [3.8, 4) is 0 Å². The van der Waals surface area contributed by atoms with E-state index in [1.807, 2.05) is 6.07 Å². The molecule has 2 heterocycles. The van der Waals surface area contributed by atoms with E-state index in [1.54, 1.807) is 6.20 Å². The molecule has 1 aliphatic carbocycles. The van der Waals surface area contributed by atoms with Crippen molar-refractivity contribution in [1.29, 1.82) is 0 Å². The Balaban J connectivity index is 1.39. The van der Waals surface area contributed by atoms with E-state index in [-0.39, 0.29) is 0 Å². The maximum atomic E-state index is 5.78. The van der Waals surface area contributed by atoms with Gasteiger partial charge >= 0.3 is 0 Å². The van der Waals surface area contributed by atoms with Gasteiger partial charge in [-0.25, -0.2) is 0 Å². The molecule has 0 amide bonds. The maximum absolute atomic E-state index is 5.78. The summed E-state index contributed by atoms with van der Waals surface area (Å²) in [7, 11) is 0. The lowest BCUT2D eigenvalue weighted by Gasteiger charge is -2.33. The number of H-pyrrole nitrogens is 1. The number of aromatic amines is 1. The molecular weight excluding hydrogens is 216 g/mol. The van der Waals surface area contributed by atoms with Gasteiger partial charge in [-0.3, -0.25) is 10.00 Å². The quantitative estimate of drug-likeness (QED) is 0.775. The van der Waals surface area contributed by atoms with E-state index >= 15 is 0 Å². The first kappa shape index (κ1) is 11.2. The number of aromatic nitrogens is 2. The second-order valence-corrected chi connectivity index (χ2v) is 4.93. The smallest absolute Gasteiger partial charge is 0.0826 e. The van der Waals surface area contributed by atoms with E-state index in [2.05, 4.69) is 20.4 Å². The van der Waals surface area contributed by atoms with Crippen molar-refractivity contribution < 1.29 is 4.74 Å². The minimum Gasteiger partial charge on any atom is -0.374 e. The molecule has 5 nitrogen and oxygen atoms in total. The van der Waals surface area contributed by atoms with Gasteiger partial charge in [0.25, 0.3) is 0 Å². The van der Waals surface area contributed by atoms with E-state index in [4.69, 9.17) is 4.74 Å². The average molecular weight is 236 g/mol. The fraction of sp³-hybridized carbons (Fsp3) is 0.750. The molecule has 94 valence electrons. The van der Waals surface area contributed by atoms with Crippen LogP contribution in [0, 0.1) is 0 Å². The number of ether oxygens (including phenoxy) is 1. The van der Waals surface area contributed by atoms with Gasteiger partial charge in [0.15, 0.2) is 0 Å². The topological polar surface area (TPSA) is 53.2 Å². The summed E-state index contributed by atoms with van der Waals surface area (Å²) < 4.78 is 5.78. The van der Waals surface area contributed by atoms with Crippen molar-refractivity contribution in [1.82, 2.24) is 20.4 Å². The minimum atomic E-state index is 0.340. The van der Waals surface area contributed by atoms with E-state index in [9.17, 15) is 0 Å². The summed E-state index contributed by atoms with van der Waals surface area (Å²) in [6.07, 6.45) is 4.89. The lowest BCUT2D eigenvalue weighted by atomic mass is 10.2. The molecule has 0 aromatic carbocycles. The first-order valence-corrected chi connectivity index (χ1v) is 6.46. The van der Waals surface area contributed by atoms with Crippen molar-refractivity contribution in [2.75, 3.05) is 26.2 Å². The number of nitrogens with one attached hydrogen (secondary N) is 2. The molecule has 17 heavy (non-hydrogen) atoms. The van der Waals surface area contributed by atoms with Crippen LogP contribution in [-0.4, -0.2) is 53.5 Å². The SMILES string of the molecule is c1cc(CNCC2CN(C3CC3)CCO2)[nH]n1. The lowest BCUT2D eigenvalue weighted by molar-refractivity contribution is -0.0301. The highest BCUT2D eigenvalue weighted by Gasteiger charge is 2.32. The summed E-state index contributed by atoms with van der Waals surface area (Å²) in [5.74, 6) is 0. The van der Waals surface area contributed by atoms with Crippen LogP contribution in [0.1, 0.15) is 18.5 Å². The molecule has 0 radical (unpaired) electrons. The zero-order valence-corrected chi connectivity index (χ0v) is 10.1. The van der Waals surface area contributed by atoms with Crippen molar-refractivity contribution >= 4 is 0 Å². The summed E-state index contributed by atoms with van der Waals surface area (Å²) in [4.78, 5) is 2.58. The van der Waals surface area contributed by atoms with Gasteiger partial charge in [-0.15, -0.1) is 0 Å². The van der Waals surface area contributed by atoms with Gasteiger partial charge in [-0.05, 0) is 18.9 Å². The fourth-order valence-corrected chi connectivity index (χ4v) is 2.39. The molecule has 2 aliphatic rings. The van der Waals surface area contributed by atoms with Crippen LogP contribution in [0.25, 0.3) is 0 Å². The summed E-state index contributed by atoms with van der Waals surface area (Å²) >= 11 is 0. The highest BCUT2D eigenvalue weighted by atomic mass is 16.5. The molecule has 1 aliphatic heterocycles. The molecule has 3 rings (SSSR count). The molecule has 1 atom stereocenters. The van der Waals surface area contributed by atoms with Crippen LogP contribution in [0.2, 0.25) is 0 Å². The second-order valence-electron chi connectivity index (χ2n) is 4.93.